The van der Waals surface area contributed by atoms with Gasteiger partial charge in [0.05, 0.1) is 0 Å². The van der Waals surface area contributed by atoms with Crippen LogP contribution in [0.15, 0.2) is 24.3 Å². The fourth-order valence-electron chi connectivity index (χ4n) is 1.40. The van der Waals surface area contributed by atoms with Crippen molar-refractivity contribution in [1.29, 1.82) is 0 Å². The Kier molecular flexibility index (Phi) is 6.40. The van der Waals surface area contributed by atoms with Crippen LogP contribution in [-0.2, 0) is 0 Å². The van der Waals surface area contributed by atoms with E-state index in [0.717, 1.165) is 0 Å². The van der Waals surface area contributed by atoms with E-state index in [1.165, 1.54) is 16.7 Å². The highest BCUT2D eigenvalue weighted by Gasteiger charge is 2.37. The number of rotatable bonds is 3. The van der Waals surface area contributed by atoms with Crippen LogP contribution in [-0.4, -0.2) is 33.4 Å². The van der Waals surface area contributed by atoms with Gasteiger partial charge in [0, 0.05) is 17.8 Å². The second-order valence-electron chi connectivity index (χ2n) is 3.68. The summed E-state index contributed by atoms with van der Waals surface area (Å²) in [5, 5.41) is 2.61. The number of carbonyl (C=O) groups is 1. The van der Waals surface area contributed by atoms with Crippen LogP contribution in [0.2, 0.25) is 5.02 Å². The number of nitrogens with one attached hydrogen (secondary N) is 1. The molecule has 0 saturated carbocycles. The number of benzene rings is 1. The third-order valence-electron chi connectivity index (χ3n) is 2.25. The van der Waals surface area contributed by atoms with E-state index in [4.69, 9.17) is 46.4 Å². The van der Waals surface area contributed by atoms with E-state index in [0.29, 0.717) is 10.7 Å². The molecular weight excluding hydrogens is 350 g/mol. The minimum absolute atomic E-state index is 0.382. The first kappa shape index (κ1) is 17.1. The molecule has 8 heteroatoms. The monoisotopic (exact) mass is 360 g/mol. The maximum absolute atomic E-state index is 12.1. The second-order valence-corrected chi connectivity index (χ2v) is 7.40. The molecule has 0 spiro atoms. The minimum atomic E-state index is -1.57. The van der Waals surface area contributed by atoms with E-state index in [2.05, 4.69) is 5.32 Å². The van der Waals surface area contributed by atoms with Gasteiger partial charge >= 0.3 is 6.03 Å². The SMILES string of the molecule is CSC(N(C)C(=O)Nc1cccc(Cl)c1)C(Cl)(Cl)Cl. The summed E-state index contributed by atoms with van der Waals surface area (Å²) in [7, 11) is 1.56. The van der Waals surface area contributed by atoms with Crippen LogP contribution in [0, 0.1) is 0 Å². The summed E-state index contributed by atoms with van der Waals surface area (Å²) in [6, 6.07) is 6.43. The van der Waals surface area contributed by atoms with Crippen LogP contribution in [0.25, 0.3) is 0 Å². The van der Waals surface area contributed by atoms with E-state index >= 15 is 0 Å². The van der Waals surface area contributed by atoms with Gasteiger partial charge in [-0.3, -0.25) is 0 Å². The summed E-state index contributed by atoms with van der Waals surface area (Å²) in [5.74, 6) is 0. The molecule has 0 aliphatic rings. The maximum Gasteiger partial charge on any atom is 0.322 e. The highest BCUT2D eigenvalue weighted by Crippen LogP contribution is 2.38. The Balaban J connectivity index is 2.77. The quantitative estimate of drug-likeness (QED) is 0.615. The molecule has 0 aromatic heterocycles. The number of hydrogen-bond donors (Lipinski definition) is 1. The first-order chi connectivity index (χ1) is 8.75. The van der Waals surface area contributed by atoms with Gasteiger partial charge in [0.1, 0.15) is 5.37 Å². The van der Waals surface area contributed by atoms with Gasteiger partial charge in [-0.25, -0.2) is 4.79 Å². The zero-order chi connectivity index (χ0) is 14.6. The van der Waals surface area contributed by atoms with Gasteiger partial charge in [0.15, 0.2) is 0 Å². The Labute approximate surface area is 136 Å². The average Bonchev–Trinajstić information content (AvgIpc) is 2.27. The number of urea groups is 1. The Bertz CT molecular complexity index is 453. The summed E-state index contributed by atoms with van der Waals surface area (Å²) in [6.07, 6.45) is 1.76. The first-order valence-electron chi connectivity index (χ1n) is 5.14. The topological polar surface area (TPSA) is 32.3 Å². The lowest BCUT2D eigenvalue weighted by atomic mass is 10.3. The summed E-state index contributed by atoms with van der Waals surface area (Å²) < 4.78 is -1.57. The fraction of sp³-hybridized carbons (Fsp3) is 0.364. The molecule has 0 bridgehead atoms. The van der Waals surface area contributed by atoms with Gasteiger partial charge in [0.25, 0.3) is 0 Å². The molecule has 0 aliphatic carbocycles. The molecular formula is C11H12Cl4N2OS. The van der Waals surface area contributed by atoms with Gasteiger partial charge in [0.2, 0.25) is 3.79 Å². The standard InChI is InChI=1S/C11H12Cl4N2OS/c1-17(9(19-2)11(13,14)15)10(18)16-8-5-3-4-7(12)6-8/h3-6,9H,1-2H3,(H,16,18). The van der Waals surface area contributed by atoms with Gasteiger partial charge < -0.3 is 10.2 Å². The molecule has 106 valence electrons. The number of thioether (sulfide) groups is 1. The molecule has 2 amide bonds. The molecule has 1 unspecified atom stereocenters. The molecule has 19 heavy (non-hydrogen) atoms. The van der Waals surface area contributed by atoms with E-state index < -0.39 is 9.17 Å². The van der Waals surface area contributed by atoms with Crippen LogP contribution >= 0.6 is 58.2 Å². The number of carbonyl (C=O) groups excluding carboxylic acids is 1. The number of anilines is 1. The van der Waals surface area contributed by atoms with Crippen molar-refractivity contribution < 1.29 is 4.79 Å². The summed E-state index contributed by atoms with van der Waals surface area (Å²) in [6.45, 7) is 0. The lowest BCUT2D eigenvalue weighted by molar-refractivity contribution is 0.219. The molecule has 0 fully saturated rings. The molecule has 1 aromatic rings. The molecule has 3 nitrogen and oxygen atoms in total. The van der Waals surface area contributed by atoms with Crippen molar-refractivity contribution in [1.82, 2.24) is 4.90 Å². The van der Waals surface area contributed by atoms with Crippen molar-refractivity contribution in [3.05, 3.63) is 29.3 Å². The van der Waals surface area contributed by atoms with Crippen molar-refractivity contribution in [2.75, 3.05) is 18.6 Å². The highest BCUT2D eigenvalue weighted by atomic mass is 35.6. The lowest BCUT2D eigenvalue weighted by Gasteiger charge is -2.31. The third-order valence-corrected chi connectivity index (χ3v) is 4.61. The van der Waals surface area contributed by atoms with Gasteiger partial charge in [-0.05, 0) is 24.5 Å². The normalized spacial score (nSPS) is 12.9. The van der Waals surface area contributed by atoms with Crippen LogP contribution < -0.4 is 5.32 Å². The van der Waals surface area contributed by atoms with Gasteiger partial charge in [-0.1, -0.05) is 52.5 Å². The fourth-order valence-corrected chi connectivity index (χ4v) is 3.51. The minimum Gasteiger partial charge on any atom is -0.311 e. The molecule has 1 aromatic carbocycles. The van der Waals surface area contributed by atoms with Gasteiger partial charge in [-0.15, -0.1) is 11.8 Å². The van der Waals surface area contributed by atoms with Crippen LogP contribution in [0.4, 0.5) is 10.5 Å². The smallest absolute Gasteiger partial charge is 0.311 e. The zero-order valence-corrected chi connectivity index (χ0v) is 14.0. The largest absolute Gasteiger partial charge is 0.322 e. The third kappa shape index (κ3) is 5.12. The molecule has 1 rings (SSSR count). The van der Waals surface area contributed by atoms with Crippen molar-refractivity contribution in [3.8, 4) is 0 Å². The second kappa shape index (κ2) is 7.14. The Morgan fingerprint density at radius 1 is 1.42 bits per heavy atom. The van der Waals surface area contributed by atoms with E-state index in [-0.39, 0.29) is 6.03 Å². The highest BCUT2D eigenvalue weighted by molar-refractivity contribution is 7.99. The van der Waals surface area contributed by atoms with Crippen molar-refractivity contribution in [2.24, 2.45) is 0 Å². The lowest BCUT2D eigenvalue weighted by Crippen LogP contribution is -2.44. The predicted molar refractivity (Wildman–Crippen MR) is 85.8 cm³/mol. The van der Waals surface area contributed by atoms with Crippen LogP contribution in [0.3, 0.4) is 0 Å². The predicted octanol–water partition coefficient (Wildman–Crippen LogP) is 4.86. The number of halogens is 4. The summed E-state index contributed by atoms with van der Waals surface area (Å²) in [4.78, 5) is 13.4. The summed E-state index contributed by atoms with van der Waals surface area (Å²) >= 11 is 24.6. The zero-order valence-electron chi connectivity index (χ0n) is 10.2. The molecule has 1 atom stereocenters. The number of hydrogen-bond acceptors (Lipinski definition) is 2. The first-order valence-corrected chi connectivity index (χ1v) is 7.94. The molecule has 0 radical (unpaired) electrons. The number of alkyl halides is 3. The molecule has 0 heterocycles. The van der Waals surface area contributed by atoms with E-state index in [1.807, 2.05) is 0 Å². The van der Waals surface area contributed by atoms with Crippen LogP contribution in [0.1, 0.15) is 0 Å². The number of nitrogens with zero attached hydrogens (tertiary/aromatic N) is 1. The molecule has 1 N–H and O–H groups in total. The Morgan fingerprint density at radius 3 is 2.53 bits per heavy atom. The van der Waals surface area contributed by atoms with Crippen LogP contribution in [0.5, 0.6) is 0 Å². The van der Waals surface area contributed by atoms with Gasteiger partial charge in [-0.2, -0.15) is 0 Å². The maximum atomic E-state index is 12.1. The Hall–Kier alpha value is -0.000000000000000111. The number of amides is 2. The molecule has 0 saturated heterocycles. The summed E-state index contributed by atoms with van der Waals surface area (Å²) in [5.41, 5.74) is 0.577. The van der Waals surface area contributed by atoms with E-state index in [1.54, 1.807) is 37.6 Å². The van der Waals surface area contributed by atoms with Crippen molar-refractivity contribution >= 4 is 69.9 Å². The average molecular weight is 362 g/mol. The molecule has 0 aliphatic heterocycles. The van der Waals surface area contributed by atoms with Crippen molar-refractivity contribution in [3.63, 3.8) is 0 Å². The van der Waals surface area contributed by atoms with Crippen molar-refractivity contribution in [2.45, 2.75) is 9.17 Å². The van der Waals surface area contributed by atoms with E-state index in [9.17, 15) is 4.79 Å². The Morgan fingerprint density at radius 2 is 2.05 bits per heavy atom.